The molecule has 0 fully saturated rings. The molecule has 2 aromatic carbocycles. The van der Waals surface area contributed by atoms with Crippen LogP contribution in [0.4, 0.5) is 0 Å². The van der Waals surface area contributed by atoms with Crippen molar-refractivity contribution in [3.63, 3.8) is 0 Å². The highest BCUT2D eigenvalue weighted by Crippen LogP contribution is 2.41. The van der Waals surface area contributed by atoms with Crippen molar-refractivity contribution in [2.24, 2.45) is 0 Å². The molecule has 28 heavy (non-hydrogen) atoms. The zero-order valence-electron chi connectivity index (χ0n) is 15.0. The van der Waals surface area contributed by atoms with Gasteiger partial charge in [-0.1, -0.05) is 59.6 Å². The molecule has 2 nitrogen and oxygen atoms in total. The Hall–Kier alpha value is -2.68. The highest BCUT2D eigenvalue weighted by atomic mass is 35.5. The first kappa shape index (κ1) is 18.7. The number of hydrogen-bond donors (Lipinski definition) is 0. The van der Waals surface area contributed by atoms with Gasteiger partial charge in [0.15, 0.2) is 0 Å². The fourth-order valence-corrected chi connectivity index (χ4v) is 3.78. The van der Waals surface area contributed by atoms with E-state index in [9.17, 15) is 0 Å². The average molecular weight is 405 g/mol. The lowest BCUT2D eigenvalue weighted by Crippen LogP contribution is -2.16. The second-order valence-corrected chi connectivity index (χ2v) is 7.44. The van der Waals surface area contributed by atoms with E-state index in [0.717, 1.165) is 22.5 Å². The highest BCUT2D eigenvalue weighted by Gasteiger charge is 2.30. The van der Waals surface area contributed by atoms with Gasteiger partial charge in [-0.2, -0.15) is 0 Å². The van der Waals surface area contributed by atoms with Gasteiger partial charge in [-0.25, -0.2) is 0 Å². The molecule has 0 saturated carbocycles. The van der Waals surface area contributed by atoms with Gasteiger partial charge < -0.3 is 0 Å². The summed E-state index contributed by atoms with van der Waals surface area (Å²) in [7, 11) is 0. The minimum absolute atomic E-state index is 0.0189. The van der Waals surface area contributed by atoms with Crippen LogP contribution in [0.5, 0.6) is 0 Å². The van der Waals surface area contributed by atoms with E-state index < -0.39 is 0 Å². The molecule has 0 bridgehead atoms. The fraction of sp³-hybridized carbons (Fsp3) is 0.0833. The summed E-state index contributed by atoms with van der Waals surface area (Å²) in [5, 5.41) is 1.42. The lowest BCUT2D eigenvalue weighted by atomic mass is 9.77. The third kappa shape index (κ3) is 4.09. The molecule has 2 heterocycles. The van der Waals surface area contributed by atoms with Crippen LogP contribution in [0.1, 0.15) is 34.4 Å². The zero-order valence-corrected chi connectivity index (χ0v) is 16.6. The van der Waals surface area contributed by atoms with Gasteiger partial charge in [0.1, 0.15) is 0 Å². The predicted octanol–water partition coefficient (Wildman–Crippen LogP) is 6.75. The van der Waals surface area contributed by atoms with E-state index in [-0.39, 0.29) is 11.8 Å². The number of hydrogen-bond acceptors (Lipinski definition) is 2. The van der Waals surface area contributed by atoms with Gasteiger partial charge in [0.2, 0.25) is 0 Å². The van der Waals surface area contributed by atoms with E-state index in [0.29, 0.717) is 10.0 Å². The molecule has 0 aliphatic heterocycles. The largest absolute Gasteiger partial charge is 0.261 e. The Morgan fingerprint density at radius 2 is 0.893 bits per heavy atom. The molecule has 0 aliphatic rings. The number of benzene rings is 2. The van der Waals surface area contributed by atoms with Crippen molar-refractivity contribution in [1.82, 2.24) is 9.97 Å². The number of nitrogens with zero attached hydrogens (tertiary/aromatic N) is 2. The predicted molar refractivity (Wildman–Crippen MR) is 115 cm³/mol. The Morgan fingerprint density at radius 3 is 1.21 bits per heavy atom. The molecule has 0 saturated heterocycles. The third-order valence-electron chi connectivity index (χ3n) is 4.80. The summed E-state index contributed by atoms with van der Waals surface area (Å²) >= 11 is 12.3. The van der Waals surface area contributed by atoms with Gasteiger partial charge in [0, 0.05) is 45.7 Å². The fourth-order valence-electron chi connectivity index (χ4n) is 3.53. The summed E-state index contributed by atoms with van der Waals surface area (Å²) < 4.78 is 0. The van der Waals surface area contributed by atoms with Gasteiger partial charge in [-0.3, -0.25) is 9.97 Å². The van der Waals surface area contributed by atoms with E-state index in [4.69, 9.17) is 23.2 Å². The van der Waals surface area contributed by atoms with Crippen LogP contribution in [0, 0.1) is 0 Å². The van der Waals surface area contributed by atoms with Crippen LogP contribution < -0.4 is 0 Å². The second kappa shape index (κ2) is 8.55. The quantitative estimate of drug-likeness (QED) is 0.367. The van der Waals surface area contributed by atoms with Crippen LogP contribution in [0.2, 0.25) is 10.0 Å². The van der Waals surface area contributed by atoms with Crippen molar-refractivity contribution in [3.05, 3.63) is 130 Å². The lowest BCUT2D eigenvalue weighted by Gasteiger charge is -2.28. The monoisotopic (exact) mass is 404 g/mol. The summed E-state index contributed by atoms with van der Waals surface area (Å²) in [5.74, 6) is -0.0379. The Bertz CT molecular complexity index is 931. The van der Waals surface area contributed by atoms with Crippen LogP contribution >= 0.6 is 23.2 Å². The Morgan fingerprint density at radius 1 is 0.500 bits per heavy atom. The molecule has 0 spiro atoms. The van der Waals surface area contributed by atoms with E-state index in [1.165, 1.54) is 0 Å². The molecule has 138 valence electrons. The van der Waals surface area contributed by atoms with Crippen molar-refractivity contribution >= 4 is 23.2 Å². The van der Waals surface area contributed by atoms with Crippen LogP contribution in [0.15, 0.2) is 97.3 Å². The molecule has 0 N–H and O–H groups in total. The van der Waals surface area contributed by atoms with Crippen molar-refractivity contribution in [2.45, 2.75) is 11.8 Å². The minimum atomic E-state index is -0.0189. The van der Waals surface area contributed by atoms with E-state index in [1.807, 2.05) is 60.9 Å². The molecular weight excluding hydrogens is 387 g/mol. The SMILES string of the molecule is Clc1ccc([C@H](c2ccccn2)[C@H](c2ccc(Cl)cc2)c2ccccn2)cc1. The Kier molecular flexibility index (Phi) is 5.70. The van der Waals surface area contributed by atoms with Gasteiger partial charge in [0.05, 0.1) is 0 Å². The summed E-state index contributed by atoms with van der Waals surface area (Å²) in [6.07, 6.45) is 3.66. The number of rotatable bonds is 5. The highest BCUT2D eigenvalue weighted by molar-refractivity contribution is 6.30. The van der Waals surface area contributed by atoms with Gasteiger partial charge >= 0.3 is 0 Å². The third-order valence-corrected chi connectivity index (χ3v) is 5.31. The molecule has 0 amide bonds. The van der Waals surface area contributed by atoms with Crippen molar-refractivity contribution in [2.75, 3.05) is 0 Å². The summed E-state index contributed by atoms with van der Waals surface area (Å²) in [4.78, 5) is 9.36. The van der Waals surface area contributed by atoms with E-state index in [2.05, 4.69) is 46.4 Å². The first-order chi connectivity index (χ1) is 13.7. The molecule has 4 rings (SSSR count). The van der Waals surface area contributed by atoms with Crippen molar-refractivity contribution in [3.8, 4) is 0 Å². The lowest BCUT2D eigenvalue weighted by molar-refractivity contribution is 0.657. The van der Waals surface area contributed by atoms with Crippen LogP contribution in [-0.4, -0.2) is 9.97 Å². The van der Waals surface area contributed by atoms with E-state index in [1.54, 1.807) is 0 Å². The normalized spacial score (nSPS) is 13.1. The van der Waals surface area contributed by atoms with Gasteiger partial charge in [-0.15, -0.1) is 0 Å². The van der Waals surface area contributed by atoms with Gasteiger partial charge in [0.25, 0.3) is 0 Å². The van der Waals surface area contributed by atoms with Crippen LogP contribution in [-0.2, 0) is 0 Å². The number of aromatic nitrogens is 2. The van der Waals surface area contributed by atoms with Crippen LogP contribution in [0.3, 0.4) is 0 Å². The maximum Gasteiger partial charge on any atom is 0.0488 e. The summed E-state index contributed by atoms with van der Waals surface area (Å²) in [6, 6.07) is 28.0. The Labute approximate surface area is 174 Å². The standard InChI is InChI=1S/C24H18Cl2N2/c25-19-11-7-17(8-12-19)23(21-5-1-3-15-27-21)24(22-6-2-4-16-28-22)18-9-13-20(26)14-10-18/h1-16,23-24H/t23-,24-/m1/s1. The van der Waals surface area contributed by atoms with Crippen LogP contribution in [0.25, 0.3) is 0 Å². The first-order valence-corrected chi connectivity index (χ1v) is 9.81. The topological polar surface area (TPSA) is 25.8 Å². The van der Waals surface area contributed by atoms with Crippen molar-refractivity contribution in [1.29, 1.82) is 0 Å². The maximum atomic E-state index is 6.15. The first-order valence-electron chi connectivity index (χ1n) is 9.05. The molecule has 4 heteroatoms. The van der Waals surface area contributed by atoms with Crippen molar-refractivity contribution < 1.29 is 0 Å². The molecule has 2 aromatic heterocycles. The number of pyridine rings is 2. The molecule has 2 atom stereocenters. The molecular formula is C24H18Cl2N2. The zero-order chi connectivity index (χ0) is 19.3. The number of halogens is 2. The molecule has 0 aliphatic carbocycles. The summed E-state index contributed by atoms with van der Waals surface area (Å²) in [6.45, 7) is 0. The Balaban J connectivity index is 1.93. The van der Waals surface area contributed by atoms with E-state index >= 15 is 0 Å². The minimum Gasteiger partial charge on any atom is -0.261 e. The van der Waals surface area contributed by atoms with Gasteiger partial charge in [-0.05, 0) is 59.7 Å². The summed E-state index contributed by atoms with van der Waals surface area (Å²) in [5.41, 5.74) is 4.23. The molecule has 0 unspecified atom stereocenters. The maximum absolute atomic E-state index is 6.15. The molecule has 4 aromatic rings. The smallest absolute Gasteiger partial charge is 0.0488 e. The second-order valence-electron chi connectivity index (χ2n) is 6.57. The average Bonchev–Trinajstić information content (AvgIpc) is 2.75. The molecule has 0 radical (unpaired) electrons.